The van der Waals surface area contributed by atoms with Crippen molar-refractivity contribution in [2.45, 2.75) is 12.3 Å². The van der Waals surface area contributed by atoms with Crippen LogP contribution in [0.3, 0.4) is 0 Å². The van der Waals surface area contributed by atoms with Gasteiger partial charge in [-0.25, -0.2) is 9.36 Å². The van der Waals surface area contributed by atoms with Gasteiger partial charge in [-0.2, -0.15) is 13.2 Å². The Bertz CT molecular complexity index is 826. The van der Waals surface area contributed by atoms with Crippen LogP contribution in [0.5, 0.6) is 0 Å². The standard InChI is InChI=1S/C12H10F3N5O3/c1-19-9(16)8(17-23-19)10-18-22-11(21)20(10)7-4-2-3-6(5-7)12(13,14)15/h2-5,9H,16H2,1H3. The van der Waals surface area contributed by atoms with Crippen molar-refractivity contribution in [3.05, 3.63) is 46.2 Å². The summed E-state index contributed by atoms with van der Waals surface area (Å²) < 4.78 is 43.9. The molecule has 0 aliphatic carbocycles. The van der Waals surface area contributed by atoms with Gasteiger partial charge in [0, 0.05) is 7.05 Å². The Morgan fingerprint density at radius 1 is 1.35 bits per heavy atom. The number of alkyl halides is 3. The van der Waals surface area contributed by atoms with Crippen molar-refractivity contribution in [3.8, 4) is 5.69 Å². The second-order valence-electron chi connectivity index (χ2n) is 4.70. The van der Waals surface area contributed by atoms with Crippen molar-refractivity contribution in [2.75, 3.05) is 7.05 Å². The summed E-state index contributed by atoms with van der Waals surface area (Å²) in [7, 11) is 1.49. The summed E-state index contributed by atoms with van der Waals surface area (Å²) in [6.45, 7) is 0. The summed E-state index contributed by atoms with van der Waals surface area (Å²) in [4.78, 5) is 16.7. The Hall–Kier alpha value is -2.66. The van der Waals surface area contributed by atoms with Gasteiger partial charge in [-0.1, -0.05) is 21.4 Å². The Balaban J connectivity index is 2.12. The molecule has 2 aromatic rings. The number of hydrogen-bond acceptors (Lipinski definition) is 7. The minimum Gasteiger partial charge on any atom is -0.308 e. The molecule has 1 aromatic heterocycles. The zero-order valence-corrected chi connectivity index (χ0v) is 11.6. The van der Waals surface area contributed by atoms with E-state index in [9.17, 15) is 18.0 Å². The number of hydrogen-bond donors (Lipinski definition) is 1. The molecule has 2 N–H and O–H groups in total. The minimum absolute atomic E-state index is 0.0516. The Morgan fingerprint density at radius 2 is 2.09 bits per heavy atom. The molecule has 0 spiro atoms. The first-order valence-corrected chi connectivity index (χ1v) is 6.29. The number of nitrogens with two attached hydrogens (primary N) is 1. The van der Waals surface area contributed by atoms with Crippen LogP contribution >= 0.6 is 0 Å². The molecule has 1 aromatic carbocycles. The van der Waals surface area contributed by atoms with E-state index in [1.165, 1.54) is 24.2 Å². The van der Waals surface area contributed by atoms with Gasteiger partial charge >= 0.3 is 11.9 Å². The van der Waals surface area contributed by atoms with Crippen LogP contribution in [0.25, 0.3) is 5.69 Å². The van der Waals surface area contributed by atoms with Gasteiger partial charge in [-0.3, -0.25) is 9.46 Å². The molecule has 11 heteroatoms. The number of nitrogens with zero attached hydrogens (tertiary/aromatic N) is 4. The number of aromatic nitrogens is 2. The van der Waals surface area contributed by atoms with Gasteiger partial charge in [0.25, 0.3) is 0 Å². The van der Waals surface area contributed by atoms with Gasteiger partial charge in [0.15, 0.2) is 5.71 Å². The van der Waals surface area contributed by atoms with E-state index >= 15 is 0 Å². The quantitative estimate of drug-likeness (QED) is 0.871. The molecule has 122 valence electrons. The average molecular weight is 329 g/mol. The molecule has 0 amide bonds. The normalized spacial score (nSPS) is 18.8. The molecule has 1 aliphatic rings. The molecule has 1 unspecified atom stereocenters. The largest absolute Gasteiger partial charge is 0.446 e. The summed E-state index contributed by atoms with van der Waals surface area (Å²) >= 11 is 0. The number of oxime groups is 1. The average Bonchev–Trinajstić information content (AvgIpc) is 3.02. The molecule has 3 rings (SSSR count). The third-order valence-electron chi connectivity index (χ3n) is 3.21. The van der Waals surface area contributed by atoms with Gasteiger partial charge in [-0.15, -0.1) is 0 Å². The van der Waals surface area contributed by atoms with Crippen molar-refractivity contribution >= 4 is 5.71 Å². The van der Waals surface area contributed by atoms with Crippen molar-refractivity contribution in [2.24, 2.45) is 10.9 Å². The molecule has 1 aliphatic heterocycles. The van der Waals surface area contributed by atoms with E-state index in [1.807, 2.05) is 0 Å². The number of rotatable bonds is 2. The Labute approximate surface area is 126 Å². The van der Waals surface area contributed by atoms with E-state index in [2.05, 4.69) is 14.8 Å². The predicted molar refractivity (Wildman–Crippen MR) is 70.5 cm³/mol. The van der Waals surface area contributed by atoms with Gasteiger partial charge < -0.3 is 5.73 Å². The lowest BCUT2D eigenvalue weighted by molar-refractivity contribution is -0.137. The Kier molecular flexibility index (Phi) is 3.45. The highest BCUT2D eigenvalue weighted by Gasteiger charge is 2.34. The monoisotopic (exact) mass is 329 g/mol. The van der Waals surface area contributed by atoms with Crippen molar-refractivity contribution in [3.63, 3.8) is 0 Å². The third kappa shape index (κ3) is 2.59. The van der Waals surface area contributed by atoms with Crippen LogP contribution in [0.1, 0.15) is 11.4 Å². The lowest BCUT2D eigenvalue weighted by Crippen LogP contribution is -2.41. The highest BCUT2D eigenvalue weighted by atomic mass is 19.4. The smallest absolute Gasteiger partial charge is 0.308 e. The summed E-state index contributed by atoms with van der Waals surface area (Å²) in [6.07, 6.45) is -5.40. The fraction of sp³-hybridized carbons (Fsp3) is 0.250. The van der Waals surface area contributed by atoms with Gasteiger partial charge in [-0.05, 0) is 18.2 Å². The molecule has 0 radical (unpaired) electrons. The van der Waals surface area contributed by atoms with Crippen LogP contribution in [0, 0.1) is 0 Å². The summed E-state index contributed by atoms with van der Waals surface area (Å²) in [6, 6.07) is 4.16. The van der Waals surface area contributed by atoms with E-state index in [1.54, 1.807) is 0 Å². The van der Waals surface area contributed by atoms with E-state index < -0.39 is 23.7 Å². The van der Waals surface area contributed by atoms with E-state index in [-0.39, 0.29) is 17.2 Å². The maximum absolute atomic E-state index is 12.8. The lowest BCUT2D eigenvalue weighted by Gasteiger charge is -2.12. The van der Waals surface area contributed by atoms with Crippen LogP contribution in [0.2, 0.25) is 0 Å². The first-order valence-electron chi connectivity index (χ1n) is 6.29. The first-order chi connectivity index (χ1) is 10.8. The first kappa shape index (κ1) is 15.2. The Morgan fingerprint density at radius 3 is 2.70 bits per heavy atom. The number of hydroxylamine groups is 2. The van der Waals surface area contributed by atoms with Crippen molar-refractivity contribution in [1.29, 1.82) is 0 Å². The maximum Gasteiger partial charge on any atom is 0.446 e. The van der Waals surface area contributed by atoms with Crippen LogP contribution in [-0.4, -0.2) is 33.7 Å². The lowest BCUT2D eigenvalue weighted by atomic mass is 10.2. The number of benzene rings is 1. The van der Waals surface area contributed by atoms with Crippen LogP contribution in [-0.2, 0) is 11.1 Å². The minimum atomic E-state index is -4.55. The molecular weight excluding hydrogens is 319 g/mol. The van der Waals surface area contributed by atoms with Gasteiger partial charge in [0.1, 0.15) is 6.17 Å². The molecule has 1 atom stereocenters. The van der Waals surface area contributed by atoms with Gasteiger partial charge in [0.2, 0.25) is 5.82 Å². The molecule has 0 bridgehead atoms. The highest BCUT2D eigenvalue weighted by Crippen LogP contribution is 2.30. The second kappa shape index (κ2) is 5.21. The van der Waals surface area contributed by atoms with Crippen molar-refractivity contribution in [1.82, 2.24) is 14.8 Å². The second-order valence-corrected chi connectivity index (χ2v) is 4.70. The number of halogens is 3. The molecule has 0 fully saturated rings. The van der Waals surface area contributed by atoms with Gasteiger partial charge in [0.05, 0.1) is 11.3 Å². The summed E-state index contributed by atoms with van der Waals surface area (Å²) in [5, 5.41) is 8.36. The SMILES string of the molecule is CN1ON=C(c2noc(=O)n2-c2cccc(C(F)(F)F)c2)C1N. The molecular formula is C12H10F3N5O3. The van der Waals surface area contributed by atoms with E-state index in [4.69, 9.17) is 10.7 Å². The van der Waals surface area contributed by atoms with E-state index in [0.717, 1.165) is 16.7 Å². The van der Waals surface area contributed by atoms with Crippen LogP contribution < -0.4 is 11.5 Å². The molecule has 8 nitrogen and oxygen atoms in total. The predicted octanol–water partition coefficient (Wildman–Crippen LogP) is 0.710. The maximum atomic E-state index is 12.8. The van der Waals surface area contributed by atoms with Crippen LogP contribution in [0.15, 0.2) is 38.7 Å². The zero-order valence-electron chi connectivity index (χ0n) is 11.6. The number of likely N-dealkylation sites (N-methyl/N-ethyl adjacent to an activating group) is 1. The molecule has 2 heterocycles. The highest BCUT2D eigenvalue weighted by molar-refractivity contribution is 6.01. The van der Waals surface area contributed by atoms with Crippen LogP contribution in [0.4, 0.5) is 13.2 Å². The fourth-order valence-electron chi connectivity index (χ4n) is 2.02. The molecule has 23 heavy (non-hydrogen) atoms. The molecule has 0 saturated carbocycles. The summed E-state index contributed by atoms with van der Waals surface area (Å²) in [5.41, 5.74) is 4.86. The fourth-order valence-corrected chi connectivity index (χ4v) is 2.02. The topological polar surface area (TPSA) is 98.9 Å². The zero-order chi connectivity index (χ0) is 16.8. The van der Waals surface area contributed by atoms with E-state index in [0.29, 0.717) is 0 Å². The van der Waals surface area contributed by atoms with Crippen molar-refractivity contribution < 1.29 is 22.6 Å². The summed E-state index contributed by atoms with van der Waals surface area (Å²) in [5.74, 6) is -1.10. The third-order valence-corrected chi connectivity index (χ3v) is 3.21. The molecule has 0 saturated heterocycles.